The van der Waals surface area contributed by atoms with Crippen molar-refractivity contribution in [3.05, 3.63) is 6.33 Å². The summed E-state index contributed by atoms with van der Waals surface area (Å²) < 4.78 is 5.61. The second kappa shape index (κ2) is 3.62. The monoisotopic (exact) mass is 219 g/mol. The van der Waals surface area contributed by atoms with Gasteiger partial charge in [0.25, 0.3) is 0 Å². The van der Waals surface area contributed by atoms with E-state index in [-0.39, 0.29) is 5.95 Å². The molecule has 0 bridgehead atoms. The number of fused-ring (bicyclic) bond motifs is 1. The Hall–Kier alpha value is -1.85. The van der Waals surface area contributed by atoms with Crippen molar-refractivity contribution < 1.29 is 4.74 Å². The lowest BCUT2D eigenvalue weighted by Crippen LogP contribution is -2.03. The number of nitrogens with two attached hydrogens (primary N) is 1. The average molecular weight is 219 g/mol. The molecule has 0 saturated heterocycles. The molecule has 0 atom stereocenters. The van der Waals surface area contributed by atoms with Crippen molar-refractivity contribution in [1.82, 2.24) is 19.9 Å². The van der Waals surface area contributed by atoms with E-state index in [9.17, 15) is 0 Å². The van der Waals surface area contributed by atoms with Crippen molar-refractivity contribution in [2.45, 2.75) is 19.3 Å². The Kier molecular flexibility index (Phi) is 2.12. The molecular weight excluding hydrogens is 206 g/mol. The molecule has 2 heterocycles. The Labute approximate surface area is 92.3 Å². The average Bonchev–Trinajstić information content (AvgIpc) is 2.95. The summed E-state index contributed by atoms with van der Waals surface area (Å²) in [5.74, 6) is 1.54. The molecule has 1 aliphatic carbocycles. The molecule has 84 valence electrons. The summed E-state index contributed by atoms with van der Waals surface area (Å²) in [4.78, 5) is 15.0. The molecule has 3 rings (SSSR count). The van der Waals surface area contributed by atoms with Crippen molar-refractivity contribution in [3.8, 4) is 5.88 Å². The number of rotatable bonds is 4. The Morgan fingerprint density at radius 3 is 3.12 bits per heavy atom. The maximum atomic E-state index is 5.61. The zero-order chi connectivity index (χ0) is 11.0. The first-order valence-corrected chi connectivity index (χ1v) is 5.42. The molecule has 2 aromatic rings. The van der Waals surface area contributed by atoms with E-state index in [0.717, 1.165) is 12.3 Å². The Bertz CT molecular complexity index is 505. The highest BCUT2D eigenvalue weighted by Gasteiger charge is 2.21. The third kappa shape index (κ3) is 1.78. The highest BCUT2D eigenvalue weighted by molar-refractivity contribution is 5.76. The number of hydrogen-bond donors (Lipinski definition) is 2. The Morgan fingerprint density at radius 2 is 2.31 bits per heavy atom. The summed E-state index contributed by atoms with van der Waals surface area (Å²) in [6, 6.07) is 0. The molecule has 0 spiro atoms. The number of nitrogens with zero attached hydrogens (tertiary/aromatic N) is 3. The van der Waals surface area contributed by atoms with E-state index in [1.165, 1.54) is 12.8 Å². The second-order valence-electron chi connectivity index (χ2n) is 4.07. The Balaban J connectivity index is 1.80. The van der Waals surface area contributed by atoms with Crippen molar-refractivity contribution >= 4 is 17.1 Å². The number of H-pyrrole nitrogens is 1. The van der Waals surface area contributed by atoms with E-state index in [2.05, 4.69) is 19.9 Å². The number of hydrogen-bond acceptors (Lipinski definition) is 5. The first kappa shape index (κ1) is 9.38. The molecule has 0 radical (unpaired) electrons. The zero-order valence-corrected chi connectivity index (χ0v) is 8.81. The van der Waals surface area contributed by atoms with Crippen LogP contribution in [0, 0.1) is 5.92 Å². The fraction of sp³-hybridized carbons (Fsp3) is 0.500. The summed E-state index contributed by atoms with van der Waals surface area (Å²) in [6.45, 7) is 0.676. The minimum absolute atomic E-state index is 0.195. The number of imidazole rings is 1. The van der Waals surface area contributed by atoms with Gasteiger partial charge in [0.2, 0.25) is 11.8 Å². The molecule has 0 amide bonds. The van der Waals surface area contributed by atoms with E-state index < -0.39 is 0 Å². The molecule has 0 unspecified atom stereocenters. The van der Waals surface area contributed by atoms with Gasteiger partial charge in [-0.05, 0) is 12.3 Å². The predicted molar refractivity (Wildman–Crippen MR) is 58.9 cm³/mol. The van der Waals surface area contributed by atoms with Crippen LogP contribution in [0.15, 0.2) is 6.33 Å². The lowest BCUT2D eigenvalue weighted by Gasteiger charge is -2.05. The van der Waals surface area contributed by atoms with Crippen LogP contribution in [0.4, 0.5) is 5.95 Å². The van der Waals surface area contributed by atoms with Gasteiger partial charge >= 0.3 is 0 Å². The van der Waals surface area contributed by atoms with Crippen LogP contribution in [0.3, 0.4) is 0 Å². The maximum absolute atomic E-state index is 5.61. The molecular formula is C10H13N5O. The van der Waals surface area contributed by atoms with Gasteiger partial charge in [-0.1, -0.05) is 12.8 Å². The smallest absolute Gasteiger partial charge is 0.245 e. The molecule has 6 heteroatoms. The molecule has 16 heavy (non-hydrogen) atoms. The number of nitrogens with one attached hydrogen (secondary N) is 1. The number of ether oxygens (including phenoxy) is 1. The van der Waals surface area contributed by atoms with E-state index >= 15 is 0 Å². The number of nitrogen functional groups attached to an aromatic ring is 1. The molecule has 6 nitrogen and oxygen atoms in total. The van der Waals surface area contributed by atoms with Crippen LogP contribution in [-0.2, 0) is 0 Å². The lowest BCUT2D eigenvalue weighted by molar-refractivity contribution is 0.294. The third-order valence-corrected chi connectivity index (χ3v) is 2.73. The number of aromatic amines is 1. The number of anilines is 1. The minimum Gasteiger partial charge on any atom is -0.476 e. The molecule has 0 aliphatic heterocycles. The van der Waals surface area contributed by atoms with Gasteiger partial charge in [-0.2, -0.15) is 9.97 Å². The van der Waals surface area contributed by atoms with Gasteiger partial charge in [-0.15, -0.1) is 0 Å². The molecule has 1 saturated carbocycles. The fourth-order valence-corrected chi connectivity index (χ4v) is 1.66. The van der Waals surface area contributed by atoms with Crippen LogP contribution in [0.1, 0.15) is 19.3 Å². The van der Waals surface area contributed by atoms with Gasteiger partial charge in [-0.3, -0.25) is 0 Å². The quantitative estimate of drug-likeness (QED) is 0.804. The van der Waals surface area contributed by atoms with Gasteiger partial charge in [0.05, 0.1) is 12.9 Å². The molecule has 2 aromatic heterocycles. The van der Waals surface area contributed by atoms with Crippen LogP contribution >= 0.6 is 0 Å². The van der Waals surface area contributed by atoms with E-state index in [1.54, 1.807) is 6.33 Å². The van der Waals surface area contributed by atoms with Crippen molar-refractivity contribution in [2.24, 2.45) is 5.92 Å². The number of aromatic nitrogens is 4. The standard InChI is InChI=1S/C10H13N5O/c11-10-14-8-7(12-5-13-8)9(15-10)16-4-3-6-1-2-6/h5-6H,1-4H2,(H3,11,12,13,14,15). The summed E-state index contributed by atoms with van der Waals surface area (Å²) in [7, 11) is 0. The molecule has 1 fully saturated rings. The molecule has 1 aliphatic rings. The summed E-state index contributed by atoms with van der Waals surface area (Å²) in [6.07, 6.45) is 5.30. The van der Waals surface area contributed by atoms with Gasteiger partial charge in [0.1, 0.15) is 5.52 Å². The van der Waals surface area contributed by atoms with Gasteiger partial charge in [-0.25, -0.2) is 4.98 Å². The fourth-order valence-electron chi connectivity index (χ4n) is 1.66. The topological polar surface area (TPSA) is 89.7 Å². The van der Waals surface area contributed by atoms with Crippen LogP contribution in [0.25, 0.3) is 11.2 Å². The van der Waals surface area contributed by atoms with E-state index in [0.29, 0.717) is 23.7 Å². The van der Waals surface area contributed by atoms with Crippen molar-refractivity contribution in [2.75, 3.05) is 12.3 Å². The van der Waals surface area contributed by atoms with Crippen molar-refractivity contribution in [3.63, 3.8) is 0 Å². The van der Waals surface area contributed by atoms with Crippen LogP contribution in [0.5, 0.6) is 5.88 Å². The predicted octanol–water partition coefficient (Wildman–Crippen LogP) is 1.11. The second-order valence-corrected chi connectivity index (χ2v) is 4.07. The minimum atomic E-state index is 0.195. The zero-order valence-electron chi connectivity index (χ0n) is 8.81. The van der Waals surface area contributed by atoms with Crippen LogP contribution < -0.4 is 10.5 Å². The normalized spacial score (nSPS) is 15.5. The van der Waals surface area contributed by atoms with Gasteiger partial charge in [0.15, 0.2) is 5.65 Å². The van der Waals surface area contributed by atoms with E-state index in [1.807, 2.05) is 0 Å². The SMILES string of the molecule is Nc1nc(OCCC2CC2)c2[nH]cnc2n1. The van der Waals surface area contributed by atoms with Crippen LogP contribution in [0.2, 0.25) is 0 Å². The highest BCUT2D eigenvalue weighted by Crippen LogP contribution is 2.32. The summed E-state index contributed by atoms with van der Waals surface area (Å²) in [5.41, 5.74) is 6.83. The largest absolute Gasteiger partial charge is 0.476 e. The first-order chi connectivity index (χ1) is 7.83. The van der Waals surface area contributed by atoms with Crippen LogP contribution in [-0.4, -0.2) is 26.5 Å². The molecule has 0 aromatic carbocycles. The summed E-state index contributed by atoms with van der Waals surface area (Å²) >= 11 is 0. The molecule has 3 N–H and O–H groups in total. The Morgan fingerprint density at radius 1 is 1.44 bits per heavy atom. The lowest BCUT2D eigenvalue weighted by atomic mass is 10.3. The van der Waals surface area contributed by atoms with Crippen molar-refractivity contribution in [1.29, 1.82) is 0 Å². The third-order valence-electron chi connectivity index (χ3n) is 2.73. The first-order valence-electron chi connectivity index (χ1n) is 5.42. The van der Waals surface area contributed by atoms with Gasteiger partial charge in [0, 0.05) is 0 Å². The summed E-state index contributed by atoms with van der Waals surface area (Å²) in [5, 5.41) is 0. The maximum Gasteiger partial charge on any atom is 0.245 e. The van der Waals surface area contributed by atoms with Gasteiger partial charge < -0.3 is 15.5 Å². The highest BCUT2D eigenvalue weighted by atomic mass is 16.5. The van der Waals surface area contributed by atoms with E-state index in [4.69, 9.17) is 10.5 Å².